The van der Waals surface area contributed by atoms with Crippen molar-refractivity contribution in [2.24, 2.45) is 35.0 Å². The van der Waals surface area contributed by atoms with E-state index in [1.807, 2.05) is 0 Å². The Morgan fingerprint density at radius 3 is 1.83 bits per heavy atom. The first-order chi connectivity index (χ1) is 19.1. The van der Waals surface area contributed by atoms with E-state index in [2.05, 4.69) is 53.1 Å². The van der Waals surface area contributed by atoms with E-state index >= 15 is 0 Å². The fourth-order valence-electron chi connectivity index (χ4n) is 10.2. The van der Waals surface area contributed by atoms with E-state index in [-0.39, 0.29) is 84.2 Å². The van der Waals surface area contributed by atoms with Crippen molar-refractivity contribution in [3.63, 3.8) is 0 Å². The minimum Gasteiger partial charge on any atom is -0.465 e. The number of hydrogen-bond donors (Lipinski definition) is 0. The maximum atomic E-state index is 12.2. The summed E-state index contributed by atoms with van der Waals surface area (Å²) in [5, 5.41) is 0. The summed E-state index contributed by atoms with van der Waals surface area (Å²) in [6.07, 6.45) is 15.7. The fraction of sp³-hybridized carbons (Fsp3) is 0.951. The first-order valence-corrected chi connectivity index (χ1v) is 27.5. The zero-order chi connectivity index (χ0) is 30.1. The summed E-state index contributed by atoms with van der Waals surface area (Å²) in [7, 11) is -1.91. The van der Waals surface area contributed by atoms with Gasteiger partial charge in [-0.2, -0.15) is 0 Å². The third kappa shape index (κ3) is 14.3. The van der Waals surface area contributed by atoms with E-state index in [1.54, 1.807) is 11.3 Å². The monoisotopic (exact) mass is 733 g/mol. The standard InChI is InChI=1S/C14H22O2.C10H14O2.C10H28Si3.7CH4/c1-14(6-2-3-7-14)16-13(15)12-9-10-4-5-11(12)8-10;11-9-5-10(6-12-9)4-7-1-2-8(10)3-7;1-8-12(4,5)10-13(6,7)9-11(2)3;;;;;;;/h10-12H,2-9H2,1H3;7-8H,1-6H2;11H,8-10H2,1-7H3;7*1H4. The zero-order valence-electron chi connectivity index (χ0n) is 28.1. The molecular weight excluding hydrogens is 641 g/mol. The molecule has 6 aliphatic rings. The lowest BCUT2D eigenvalue weighted by atomic mass is 9.73. The van der Waals surface area contributed by atoms with Crippen molar-refractivity contribution >= 4 is 36.9 Å². The van der Waals surface area contributed by atoms with Gasteiger partial charge in [0, 0.05) is 30.4 Å². The van der Waals surface area contributed by atoms with Crippen molar-refractivity contribution in [2.75, 3.05) is 6.61 Å². The number of hydrogen-bond acceptors (Lipinski definition) is 4. The normalized spacial score (nSPS) is 29.8. The molecule has 0 aromatic carbocycles. The predicted molar refractivity (Wildman–Crippen MR) is 226 cm³/mol. The number of cyclic esters (lactones) is 1. The van der Waals surface area contributed by atoms with Crippen molar-refractivity contribution < 1.29 is 19.1 Å². The van der Waals surface area contributed by atoms with Gasteiger partial charge in [-0.05, 0) is 94.8 Å². The summed E-state index contributed by atoms with van der Waals surface area (Å²) in [6.45, 7) is 20.6. The highest BCUT2D eigenvalue weighted by molar-refractivity contribution is 6.99. The van der Waals surface area contributed by atoms with Crippen molar-refractivity contribution in [2.45, 2.75) is 212 Å². The summed E-state index contributed by atoms with van der Waals surface area (Å²) in [6, 6.07) is 1.48. The zero-order valence-corrected chi connectivity index (χ0v) is 31.3. The second-order valence-corrected chi connectivity index (χ2v) is 32.8. The van der Waals surface area contributed by atoms with Crippen LogP contribution >= 0.6 is 0 Å². The van der Waals surface area contributed by atoms with Crippen LogP contribution in [0.5, 0.6) is 0 Å². The number of esters is 2. The van der Waals surface area contributed by atoms with E-state index in [0.717, 1.165) is 43.6 Å². The lowest BCUT2D eigenvalue weighted by Gasteiger charge is -2.32. The lowest BCUT2D eigenvalue weighted by molar-refractivity contribution is -0.164. The molecule has 292 valence electrons. The molecule has 7 heteroatoms. The van der Waals surface area contributed by atoms with Crippen LogP contribution in [0, 0.1) is 35.0 Å². The molecule has 4 nitrogen and oxygen atoms in total. The van der Waals surface area contributed by atoms with Gasteiger partial charge in [-0.1, -0.05) is 128 Å². The van der Waals surface area contributed by atoms with Crippen LogP contribution in [0.15, 0.2) is 0 Å². The Bertz CT molecular complexity index is 913. The molecule has 6 unspecified atom stereocenters. The smallest absolute Gasteiger partial charge is 0.309 e. The molecule has 5 aliphatic carbocycles. The first kappa shape index (κ1) is 54.4. The number of carbonyl (C=O) groups is 2. The van der Waals surface area contributed by atoms with E-state index < -0.39 is 16.1 Å². The van der Waals surface area contributed by atoms with Gasteiger partial charge in [0.2, 0.25) is 0 Å². The Balaban J connectivity index is -0.000000285. The van der Waals surface area contributed by atoms with Gasteiger partial charge < -0.3 is 9.47 Å². The highest BCUT2D eigenvalue weighted by Gasteiger charge is 2.55. The largest absolute Gasteiger partial charge is 0.465 e. The number of carbonyl (C=O) groups excluding carboxylic acids is 2. The van der Waals surface area contributed by atoms with Crippen LogP contribution in [-0.4, -0.2) is 49.1 Å². The van der Waals surface area contributed by atoms with Gasteiger partial charge in [0.25, 0.3) is 0 Å². The molecule has 6 fully saturated rings. The van der Waals surface area contributed by atoms with E-state index in [0.29, 0.717) is 17.8 Å². The predicted octanol–water partition coefficient (Wildman–Crippen LogP) is 13.5. The topological polar surface area (TPSA) is 52.6 Å². The average Bonchev–Trinajstić information content (AvgIpc) is 3.71. The molecular formula is C41H92O4Si3. The maximum absolute atomic E-state index is 12.2. The van der Waals surface area contributed by atoms with Crippen LogP contribution in [0.4, 0.5) is 0 Å². The van der Waals surface area contributed by atoms with Gasteiger partial charge in [-0.25, -0.2) is 0 Å². The average molecular weight is 733 g/mol. The summed E-state index contributed by atoms with van der Waals surface area (Å²) in [5.74, 6) is 3.63. The molecule has 0 amide bonds. The molecule has 5 saturated carbocycles. The van der Waals surface area contributed by atoms with E-state index in [1.165, 1.54) is 63.8 Å². The molecule has 4 bridgehead atoms. The molecule has 1 aliphatic heterocycles. The van der Waals surface area contributed by atoms with Gasteiger partial charge >= 0.3 is 11.9 Å². The quantitative estimate of drug-likeness (QED) is 0.193. The van der Waals surface area contributed by atoms with Crippen molar-refractivity contribution in [1.82, 2.24) is 0 Å². The van der Waals surface area contributed by atoms with E-state index in [4.69, 9.17) is 9.47 Å². The Morgan fingerprint density at radius 1 is 0.854 bits per heavy atom. The van der Waals surface area contributed by atoms with Crippen molar-refractivity contribution in [3.05, 3.63) is 0 Å². The van der Waals surface area contributed by atoms with Gasteiger partial charge in [0.15, 0.2) is 0 Å². The van der Waals surface area contributed by atoms with Crippen LogP contribution in [0.1, 0.15) is 149 Å². The SMILES string of the molecule is C.C.C.C.C.C.C.CC1(OC(=O)C2CC3CCC2C3)CCCC1.CC[Si](C)(C)C[Si](C)(C)C[SiH](C)C.O=C1CC2(CO1)CC1CCC2C1. The first-order valence-electron chi connectivity index (χ1n) is 17.5. The van der Waals surface area contributed by atoms with Crippen LogP contribution in [0.3, 0.4) is 0 Å². The minimum absolute atomic E-state index is 0. The van der Waals surface area contributed by atoms with E-state index in [9.17, 15) is 9.59 Å². The number of rotatable bonds is 7. The molecule has 6 rings (SSSR count). The van der Waals surface area contributed by atoms with Crippen LogP contribution in [-0.2, 0) is 19.1 Å². The molecule has 0 aromatic heterocycles. The molecule has 48 heavy (non-hydrogen) atoms. The van der Waals surface area contributed by atoms with Gasteiger partial charge in [-0.15, -0.1) is 0 Å². The third-order valence-electron chi connectivity index (χ3n) is 12.0. The molecule has 1 saturated heterocycles. The molecule has 1 spiro atoms. The molecule has 0 N–H and O–H groups in total. The van der Waals surface area contributed by atoms with Crippen LogP contribution < -0.4 is 0 Å². The minimum atomic E-state index is -0.799. The molecule has 0 aromatic rings. The second-order valence-electron chi connectivity index (χ2n) is 17.6. The highest BCUT2D eigenvalue weighted by Crippen LogP contribution is 2.59. The lowest BCUT2D eigenvalue weighted by Crippen LogP contribution is -2.41. The Labute approximate surface area is 308 Å². The maximum Gasteiger partial charge on any atom is 0.309 e. The fourth-order valence-corrected chi connectivity index (χ4v) is 32.3. The summed E-state index contributed by atoms with van der Waals surface area (Å²) in [4.78, 5) is 23.2. The van der Waals surface area contributed by atoms with Gasteiger partial charge in [0.05, 0.1) is 18.9 Å². The summed E-state index contributed by atoms with van der Waals surface area (Å²) in [5.41, 5.74) is 3.49. The summed E-state index contributed by atoms with van der Waals surface area (Å²) < 4.78 is 10.9. The second kappa shape index (κ2) is 21.8. The van der Waals surface area contributed by atoms with Crippen LogP contribution in [0.2, 0.25) is 56.7 Å². The van der Waals surface area contributed by atoms with Gasteiger partial charge in [-0.3, -0.25) is 9.59 Å². The molecule has 0 radical (unpaired) electrons. The number of fused-ring (bicyclic) bond motifs is 5. The van der Waals surface area contributed by atoms with Crippen molar-refractivity contribution in [3.8, 4) is 0 Å². The van der Waals surface area contributed by atoms with Crippen molar-refractivity contribution in [1.29, 1.82) is 0 Å². The third-order valence-corrected chi connectivity index (χ3v) is 29.3. The van der Waals surface area contributed by atoms with Crippen LogP contribution in [0.25, 0.3) is 0 Å². The number of ether oxygens (including phenoxy) is 2. The Kier molecular flexibility index (Phi) is 24.7. The highest BCUT2D eigenvalue weighted by atomic mass is 28.4. The molecule has 1 heterocycles. The Hall–Kier alpha value is -0.409. The molecule has 6 atom stereocenters. The van der Waals surface area contributed by atoms with Gasteiger partial charge in [0.1, 0.15) is 5.60 Å². The summed E-state index contributed by atoms with van der Waals surface area (Å²) >= 11 is 0. The Morgan fingerprint density at radius 2 is 1.44 bits per heavy atom.